The zero-order chi connectivity index (χ0) is 16.5. The van der Waals surface area contributed by atoms with E-state index < -0.39 is 0 Å². The predicted molar refractivity (Wildman–Crippen MR) is 93.7 cm³/mol. The first kappa shape index (κ1) is 15.4. The Balaban J connectivity index is 1.61. The molecule has 5 nitrogen and oxygen atoms in total. The normalized spacial score (nSPS) is 21.4. The highest BCUT2D eigenvalue weighted by Crippen LogP contribution is 2.31. The molecule has 0 saturated heterocycles. The lowest BCUT2D eigenvalue weighted by atomic mass is 9.82. The molecule has 5 heteroatoms. The molecule has 1 fully saturated rings. The van der Waals surface area contributed by atoms with Crippen LogP contribution in [0.5, 0.6) is 0 Å². The third kappa shape index (κ3) is 2.73. The number of rotatable bonds is 4. The molecule has 24 heavy (non-hydrogen) atoms. The first-order valence-corrected chi connectivity index (χ1v) is 8.81. The van der Waals surface area contributed by atoms with Crippen molar-refractivity contribution >= 4 is 5.52 Å². The van der Waals surface area contributed by atoms with E-state index >= 15 is 0 Å². The van der Waals surface area contributed by atoms with Crippen LogP contribution in [-0.2, 0) is 6.54 Å². The maximum Gasteiger partial charge on any atom is 0.143 e. The van der Waals surface area contributed by atoms with Crippen molar-refractivity contribution in [2.75, 3.05) is 6.61 Å². The van der Waals surface area contributed by atoms with E-state index in [1.807, 2.05) is 29.2 Å². The summed E-state index contributed by atoms with van der Waals surface area (Å²) in [6.07, 6.45) is 12.5. The minimum atomic E-state index is 0.338. The molecule has 1 aliphatic rings. The second-order valence-corrected chi connectivity index (χ2v) is 7.02. The molecule has 0 unspecified atom stereocenters. The number of pyridine rings is 1. The number of fused-ring (bicyclic) bond motifs is 1. The molecule has 3 aromatic rings. The van der Waals surface area contributed by atoms with E-state index in [0.29, 0.717) is 18.4 Å². The summed E-state index contributed by atoms with van der Waals surface area (Å²) in [5.74, 6) is 2.18. The fourth-order valence-electron chi connectivity index (χ4n) is 3.96. The molecule has 1 saturated carbocycles. The van der Waals surface area contributed by atoms with Gasteiger partial charge in [0.25, 0.3) is 0 Å². The van der Waals surface area contributed by atoms with Gasteiger partial charge < -0.3 is 9.67 Å². The van der Waals surface area contributed by atoms with Crippen molar-refractivity contribution in [1.29, 1.82) is 0 Å². The summed E-state index contributed by atoms with van der Waals surface area (Å²) in [4.78, 5) is 4.62. The molecule has 126 valence electrons. The lowest BCUT2D eigenvalue weighted by Gasteiger charge is -2.27. The largest absolute Gasteiger partial charge is 0.396 e. The Morgan fingerprint density at radius 2 is 1.96 bits per heavy atom. The topological polar surface area (TPSA) is 55.4 Å². The monoisotopic (exact) mass is 324 g/mol. The Labute approximate surface area is 142 Å². The van der Waals surface area contributed by atoms with E-state index in [2.05, 4.69) is 33.8 Å². The van der Waals surface area contributed by atoms with E-state index in [-0.39, 0.29) is 0 Å². The number of nitrogens with zero attached hydrogens (tertiary/aromatic N) is 4. The Hall–Kier alpha value is -2.14. The van der Waals surface area contributed by atoms with E-state index in [0.717, 1.165) is 36.3 Å². The Morgan fingerprint density at radius 1 is 1.17 bits per heavy atom. The lowest BCUT2D eigenvalue weighted by Crippen LogP contribution is -2.21. The first-order chi connectivity index (χ1) is 11.8. The van der Waals surface area contributed by atoms with Gasteiger partial charge in [-0.2, -0.15) is 5.10 Å². The van der Waals surface area contributed by atoms with Gasteiger partial charge in [0.1, 0.15) is 5.82 Å². The average molecular weight is 324 g/mol. The second-order valence-electron chi connectivity index (χ2n) is 7.02. The SMILES string of the molecule is Cc1cccn2ncc(-c3nccn3CC3CCC(CO)CC3)c12. The zero-order valence-electron chi connectivity index (χ0n) is 14.1. The molecule has 0 bridgehead atoms. The fraction of sp³-hybridized carbons (Fsp3) is 0.474. The van der Waals surface area contributed by atoms with Gasteiger partial charge in [-0.15, -0.1) is 0 Å². The molecular weight excluding hydrogens is 300 g/mol. The minimum absolute atomic E-state index is 0.338. The second kappa shape index (κ2) is 6.40. The van der Waals surface area contributed by atoms with E-state index in [4.69, 9.17) is 0 Å². The van der Waals surface area contributed by atoms with Gasteiger partial charge in [-0.25, -0.2) is 9.50 Å². The molecule has 3 aromatic heterocycles. The van der Waals surface area contributed by atoms with Crippen molar-refractivity contribution in [3.05, 3.63) is 42.5 Å². The van der Waals surface area contributed by atoms with Crippen molar-refractivity contribution in [2.24, 2.45) is 11.8 Å². The van der Waals surface area contributed by atoms with E-state index in [1.165, 1.54) is 18.4 Å². The summed E-state index contributed by atoms with van der Waals surface area (Å²) in [5.41, 5.74) is 3.44. The van der Waals surface area contributed by atoms with Gasteiger partial charge in [0.05, 0.1) is 17.3 Å². The highest BCUT2D eigenvalue weighted by atomic mass is 16.3. The van der Waals surface area contributed by atoms with Crippen LogP contribution in [0.25, 0.3) is 16.9 Å². The van der Waals surface area contributed by atoms with Crippen molar-refractivity contribution in [3.8, 4) is 11.4 Å². The van der Waals surface area contributed by atoms with Crippen molar-refractivity contribution in [3.63, 3.8) is 0 Å². The number of aromatic nitrogens is 4. The van der Waals surface area contributed by atoms with Crippen LogP contribution in [0.1, 0.15) is 31.2 Å². The molecule has 3 heterocycles. The van der Waals surface area contributed by atoms with Crippen LogP contribution in [0.4, 0.5) is 0 Å². The van der Waals surface area contributed by atoms with Gasteiger partial charge in [0.2, 0.25) is 0 Å². The summed E-state index contributed by atoms with van der Waals surface area (Å²) in [6.45, 7) is 3.45. The molecular formula is C19H24N4O. The average Bonchev–Trinajstić information content (AvgIpc) is 3.22. The zero-order valence-corrected chi connectivity index (χ0v) is 14.1. The van der Waals surface area contributed by atoms with Gasteiger partial charge in [0.15, 0.2) is 0 Å². The number of aliphatic hydroxyl groups is 1. The molecule has 0 spiro atoms. The highest BCUT2D eigenvalue weighted by molar-refractivity contribution is 5.78. The van der Waals surface area contributed by atoms with Crippen molar-refractivity contribution in [2.45, 2.75) is 39.2 Å². The summed E-state index contributed by atoms with van der Waals surface area (Å²) in [5, 5.41) is 13.8. The smallest absolute Gasteiger partial charge is 0.143 e. The van der Waals surface area contributed by atoms with E-state index in [1.54, 1.807) is 0 Å². The molecule has 4 rings (SSSR count). The van der Waals surface area contributed by atoms with Crippen LogP contribution in [0.2, 0.25) is 0 Å². The standard InChI is InChI=1S/C19H24N4O/c1-14-3-2-9-23-18(14)17(11-21-23)19-20-8-10-22(19)12-15-4-6-16(13-24)7-5-15/h2-3,8-11,15-16,24H,4-7,12-13H2,1H3. The number of hydrogen-bond donors (Lipinski definition) is 1. The Kier molecular flexibility index (Phi) is 4.10. The Bertz CT molecular complexity index is 827. The summed E-state index contributed by atoms with van der Waals surface area (Å²) in [7, 11) is 0. The quantitative estimate of drug-likeness (QED) is 0.801. The number of imidazole rings is 1. The maximum absolute atomic E-state index is 9.31. The third-order valence-electron chi connectivity index (χ3n) is 5.38. The molecule has 0 amide bonds. The highest BCUT2D eigenvalue weighted by Gasteiger charge is 2.22. The summed E-state index contributed by atoms with van der Waals surface area (Å²) >= 11 is 0. The number of hydrogen-bond acceptors (Lipinski definition) is 3. The lowest BCUT2D eigenvalue weighted by molar-refractivity contribution is 0.161. The van der Waals surface area contributed by atoms with Crippen LogP contribution in [0, 0.1) is 18.8 Å². The van der Waals surface area contributed by atoms with Gasteiger partial charge in [-0.05, 0) is 56.1 Å². The third-order valence-corrected chi connectivity index (χ3v) is 5.38. The van der Waals surface area contributed by atoms with Gasteiger partial charge >= 0.3 is 0 Å². The van der Waals surface area contributed by atoms with Crippen LogP contribution in [0.3, 0.4) is 0 Å². The van der Waals surface area contributed by atoms with Crippen molar-refractivity contribution in [1.82, 2.24) is 19.2 Å². The Morgan fingerprint density at radius 3 is 2.75 bits per heavy atom. The predicted octanol–water partition coefficient (Wildman–Crippen LogP) is 3.30. The van der Waals surface area contributed by atoms with Gasteiger partial charge in [0, 0.05) is 31.7 Å². The summed E-state index contributed by atoms with van der Waals surface area (Å²) in [6, 6.07) is 4.13. The molecule has 0 aliphatic heterocycles. The first-order valence-electron chi connectivity index (χ1n) is 8.81. The van der Waals surface area contributed by atoms with Crippen LogP contribution >= 0.6 is 0 Å². The van der Waals surface area contributed by atoms with Gasteiger partial charge in [-0.1, -0.05) is 6.07 Å². The molecule has 1 aliphatic carbocycles. The molecule has 0 aromatic carbocycles. The summed E-state index contributed by atoms with van der Waals surface area (Å²) < 4.78 is 4.20. The van der Waals surface area contributed by atoms with Crippen LogP contribution in [-0.4, -0.2) is 30.9 Å². The fourth-order valence-corrected chi connectivity index (χ4v) is 3.96. The van der Waals surface area contributed by atoms with Crippen LogP contribution in [0.15, 0.2) is 36.9 Å². The van der Waals surface area contributed by atoms with E-state index in [9.17, 15) is 5.11 Å². The van der Waals surface area contributed by atoms with Gasteiger partial charge in [-0.3, -0.25) is 0 Å². The molecule has 0 atom stereocenters. The van der Waals surface area contributed by atoms with Crippen LogP contribution < -0.4 is 0 Å². The minimum Gasteiger partial charge on any atom is -0.396 e. The number of aryl methyl sites for hydroxylation is 1. The van der Waals surface area contributed by atoms with Crippen molar-refractivity contribution < 1.29 is 5.11 Å². The molecule has 0 radical (unpaired) electrons. The number of aliphatic hydroxyl groups excluding tert-OH is 1. The maximum atomic E-state index is 9.31. The molecule has 1 N–H and O–H groups in total.